The number of halogens is 1. The van der Waals surface area contributed by atoms with Gasteiger partial charge in [0.15, 0.2) is 0 Å². The number of aromatic nitrogens is 1. The smallest absolute Gasteiger partial charge is 0.132 e. The molecule has 0 unspecified atom stereocenters. The van der Waals surface area contributed by atoms with E-state index in [1.54, 1.807) is 0 Å². The number of nitrogens with zero attached hydrogens (tertiary/aromatic N) is 1. The lowest BCUT2D eigenvalue weighted by Crippen LogP contribution is -1.90. The van der Waals surface area contributed by atoms with Gasteiger partial charge in [-0.05, 0) is 37.1 Å². The Hall–Kier alpha value is -1.08. The number of pyridine rings is 1. The van der Waals surface area contributed by atoms with Crippen LogP contribution in [-0.4, -0.2) is 4.98 Å². The lowest BCUT2D eigenvalue weighted by molar-refractivity contribution is 0.918. The summed E-state index contributed by atoms with van der Waals surface area (Å²) in [5, 5.41) is 1.83. The standard InChI is InChI=1S/C13H14ClN/c1-3-4-10-8-11-7-9(2)5-6-12(11)15-13(10)14/h5-8H,3-4H2,1-2H3. The first-order valence-electron chi connectivity index (χ1n) is 5.26. The maximum Gasteiger partial charge on any atom is 0.132 e. The van der Waals surface area contributed by atoms with Gasteiger partial charge in [0, 0.05) is 5.39 Å². The number of benzene rings is 1. The van der Waals surface area contributed by atoms with Crippen molar-refractivity contribution in [2.24, 2.45) is 0 Å². The maximum absolute atomic E-state index is 6.11. The predicted octanol–water partition coefficient (Wildman–Crippen LogP) is 4.15. The lowest BCUT2D eigenvalue weighted by Gasteiger charge is -2.05. The number of aryl methyl sites for hydroxylation is 2. The molecule has 0 aliphatic heterocycles. The molecule has 0 saturated carbocycles. The van der Waals surface area contributed by atoms with Crippen LogP contribution in [0.5, 0.6) is 0 Å². The van der Waals surface area contributed by atoms with Crippen LogP contribution in [0.1, 0.15) is 24.5 Å². The van der Waals surface area contributed by atoms with E-state index in [4.69, 9.17) is 11.6 Å². The summed E-state index contributed by atoms with van der Waals surface area (Å²) in [5.41, 5.74) is 3.39. The number of rotatable bonds is 2. The van der Waals surface area contributed by atoms with Crippen LogP contribution in [0.3, 0.4) is 0 Å². The average Bonchev–Trinajstić information content (AvgIpc) is 2.20. The van der Waals surface area contributed by atoms with Crippen molar-refractivity contribution in [3.8, 4) is 0 Å². The van der Waals surface area contributed by atoms with E-state index in [9.17, 15) is 0 Å². The van der Waals surface area contributed by atoms with Gasteiger partial charge in [-0.1, -0.05) is 36.6 Å². The second-order valence-electron chi connectivity index (χ2n) is 3.88. The van der Waals surface area contributed by atoms with E-state index in [0.29, 0.717) is 5.15 Å². The molecule has 2 aromatic rings. The fraction of sp³-hybridized carbons (Fsp3) is 0.308. The van der Waals surface area contributed by atoms with E-state index in [2.05, 4.69) is 37.0 Å². The van der Waals surface area contributed by atoms with E-state index < -0.39 is 0 Å². The fourth-order valence-electron chi connectivity index (χ4n) is 1.76. The summed E-state index contributed by atoms with van der Waals surface area (Å²) in [6, 6.07) is 8.39. The summed E-state index contributed by atoms with van der Waals surface area (Å²) in [5.74, 6) is 0. The molecule has 2 rings (SSSR count). The van der Waals surface area contributed by atoms with E-state index in [1.165, 1.54) is 10.9 Å². The summed E-state index contributed by atoms with van der Waals surface area (Å²) in [7, 11) is 0. The van der Waals surface area contributed by atoms with Gasteiger partial charge in [-0.15, -0.1) is 0 Å². The van der Waals surface area contributed by atoms with Crippen molar-refractivity contribution < 1.29 is 0 Å². The molecule has 0 aliphatic carbocycles. The van der Waals surface area contributed by atoms with E-state index in [-0.39, 0.29) is 0 Å². The summed E-state index contributed by atoms with van der Waals surface area (Å²) in [6.07, 6.45) is 2.09. The second-order valence-corrected chi connectivity index (χ2v) is 4.24. The van der Waals surface area contributed by atoms with Gasteiger partial charge in [-0.2, -0.15) is 0 Å². The first kappa shape index (κ1) is 10.4. The van der Waals surface area contributed by atoms with Crippen molar-refractivity contribution in [2.75, 3.05) is 0 Å². The van der Waals surface area contributed by atoms with Crippen LogP contribution in [-0.2, 0) is 6.42 Å². The van der Waals surface area contributed by atoms with Gasteiger partial charge in [-0.3, -0.25) is 0 Å². The highest BCUT2D eigenvalue weighted by Crippen LogP contribution is 2.22. The summed E-state index contributed by atoms with van der Waals surface area (Å²) in [4.78, 5) is 4.40. The molecule has 15 heavy (non-hydrogen) atoms. The Labute approximate surface area is 95.1 Å². The minimum absolute atomic E-state index is 0.646. The highest BCUT2D eigenvalue weighted by atomic mass is 35.5. The van der Waals surface area contributed by atoms with Gasteiger partial charge in [0.25, 0.3) is 0 Å². The van der Waals surface area contributed by atoms with Gasteiger partial charge in [-0.25, -0.2) is 4.98 Å². The average molecular weight is 220 g/mol. The Morgan fingerprint density at radius 1 is 1.27 bits per heavy atom. The first-order valence-corrected chi connectivity index (χ1v) is 5.64. The number of hydrogen-bond donors (Lipinski definition) is 0. The molecule has 0 bridgehead atoms. The zero-order chi connectivity index (χ0) is 10.8. The van der Waals surface area contributed by atoms with Gasteiger partial charge >= 0.3 is 0 Å². The van der Waals surface area contributed by atoms with Crippen LogP contribution in [0, 0.1) is 6.92 Å². The normalized spacial score (nSPS) is 10.9. The van der Waals surface area contributed by atoms with Crippen LogP contribution in [0.4, 0.5) is 0 Å². The first-order chi connectivity index (χ1) is 7.20. The molecular weight excluding hydrogens is 206 g/mol. The van der Waals surface area contributed by atoms with Crippen molar-refractivity contribution in [3.05, 3.63) is 40.5 Å². The largest absolute Gasteiger partial charge is 0.236 e. The Balaban J connectivity index is 2.61. The van der Waals surface area contributed by atoms with Gasteiger partial charge < -0.3 is 0 Å². The highest BCUT2D eigenvalue weighted by molar-refractivity contribution is 6.30. The molecule has 0 fully saturated rings. The van der Waals surface area contributed by atoms with Gasteiger partial charge in [0.05, 0.1) is 5.52 Å². The molecule has 0 saturated heterocycles. The molecule has 0 atom stereocenters. The summed E-state index contributed by atoms with van der Waals surface area (Å²) < 4.78 is 0. The Kier molecular flexibility index (Phi) is 2.92. The topological polar surface area (TPSA) is 12.9 Å². The third-order valence-electron chi connectivity index (χ3n) is 2.52. The van der Waals surface area contributed by atoms with Crippen molar-refractivity contribution in [3.63, 3.8) is 0 Å². The van der Waals surface area contributed by atoms with E-state index in [0.717, 1.165) is 23.9 Å². The third-order valence-corrected chi connectivity index (χ3v) is 2.84. The summed E-state index contributed by atoms with van der Waals surface area (Å²) in [6.45, 7) is 4.24. The Bertz CT molecular complexity index is 491. The molecule has 0 spiro atoms. The lowest BCUT2D eigenvalue weighted by atomic mass is 10.1. The van der Waals surface area contributed by atoms with Crippen molar-refractivity contribution in [1.82, 2.24) is 4.98 Å². The van der Waals surface area contributed by atoms with Gasteiger partial charge in [0.1, 0.15) is 5.15 Å². The monoisotopic (exact) mass is 219 g/mol. The number of fused-ring (bicyclic) bond motifs is 1. The third kappa shape index (κ3) is 2.13. The molecular formula is C13H14ClN. The zero-order valence-corrected chi connectivity index (χ0v) is 9.80. The van der Waals surface area contributed by atoms with Crippen LogP contribution >= 0.6 is 11.6 Å². The molecule has 2 heteroatoms. The minimum Gasteiger partial charge on any atom is -0.236 e. The van der Waals surface area contributed by atoms with Crippen molar-refractivity contribution in [1.29, 1.82) is 0 Å². The highest BCUT2D eigenvalue weighted by Gasteiger charge is 2.03. The number of hydrogen-bond acceptors (Lipinski definition) is 1. The summed E-state index contributed by atoms with van der Waals surface area (Å²) >= 11 is 6.11. The van der Waals surface area contributed by atoms with Gasteiger partial charge in [0.2, 0.25) is 0 Å². The van der Waals surface area contributed by atoms with E-state index >= 15 is 0 Å². The molecule has 1 nitrogen and oxygen atoms in total. The second kappa shape index (κ2) is 4.19. The molecule has 0 N–H and O–H groups in total. The molecule has 0 amide bonds. The maximum atomic E-state index is 6.11. The van der Waals surface area contributed by atoms with Crippen LogP contribution in [0.15, 0.2) is 24.3 Å². The Morgan fingerprint density at radius 3 is 2.80 bits per heavy atom. The van der Waals surface area contributed by atoms with Crippen LogP contribution in [0.2, 0.25) is 5.15 Å². The zero-order valence-electron chi connectivity index (χ0n) is 9.05. The van der Waals surface area contributed by atoms with E-state index in [1.807, 2.05) is 6.07 Å². The fourth-order valence-corrected chi connectivity index (χ4v) is 2.00. The Morgan fingerprint density at radius 2 is 2.07 bits per heavy atom. The molecule has 1 aromatic heterocycles. The van der Waals surface area contributed by atoms with Crippen LogP contribution < -0.4 is 0 Å². The molecule has 1 aromatic carbocycles. The SMILES string of the molecule is CCCc1cc2cc(C)ccc2nc1Cl. The minimum atomic E-state index is 0.646. The molecule has 0 radical (unpaired) electrons. The quantitative estimate of drug-likeness (QED) is 0.692. The molecule has 78 valence electrons. The molecule has 0 aliphatic rings. The predicted molar refractivity (Wildman–Crippen MR) is 65.5 cm³/mol. The van der Waals surface area contributed by atoms with Crippen molar-refractivity contribution in [2.45, 2.75) is 26.7 Å². The van der Waals surface area contributed by atoms with Crippen LogP contribution in [0.25, 0.3) is 10.9 Å². The molecule has 1 heterocycles. The van der Waals surface area contributed by atoms with Crippen molar-refractivity contribution >= 4 is 22.5 Å².